The SMILES string of the molecule is CC/C=C\C/C=C\C/C=C\C/C=C\C/C=C\C/C=C\C/C=C\C/C=C\C/C=C\C/C=C\CCCCCCCCC(=O)NC(COC1OC(CO)C(OC2OC(CO)C(OC3OC(CO)C(O)C(O)C3O)C(O)C2O)C(O)C1O)C(O)/C=C/CCCCCCCCCCCCCCCCCCC. The highest BCUT2D eigenvalue weighted by molar-refractivity contribution is 5.76. The van der Waals surface area contributed by atoms with E-state index in [9.17, 15) is 61.0 Å². The number of unbranched alkanes of at least 4 members (excludes halogenated alkanes) is 23. The zero-order valence-electron chi connectivity index (χ0n) is 61.6. The van der Waals surface area contributed by atoms with Crippen LogP contribution in [-0.4, -0.2) is 193 Å². The lowest BCUT2D eigenvalue weighted by atomic mass is 9.96. The molecule has 101 heavy (non-hydrogen) atoms. The first-order valence-electron chi connectivity index (χ1n) is 38.9. The third-order valence-corrected chi connectivity index (χ3v) is 18.5. The Kier molecular flexibility index (Phi) is 55.2. The predicted molar refractivity (Wildman–Crippen MR) is 401 cm³/mol. The van der Waals surface area contributed by atoms with Gasteiger partial charge >= 0.3 is 0 Å². The molecule has 1 amide bonds. The van der Waals surface area contributed by atoms with Gasteiger partial charge in [-0.2, -0.15) is 0 Å². The van der Waals surface area contributed by atoms with Crippen LogP contribution in [0.3, 0.4) is 0 Å². The van der Waals surface area contributed by atoms with Crippen LogP contribution >= 0.6 is 0 Å². The van der Waals surface area contributed by atoms with E-state index in [1.54, 1.807) is 6.08 Å². The van der Waals surface area contributed by atoms with E-state index in [0.717, 1.165) is 128 Å². The van der Waals surface area contributed by atoms with Crippen molar-refractivity contribution in [2.45, 2.75) is 349 Å². The van der Waals surface area contributed by atoms with Gasteiger partial charge in [0.15, 0.2) is 18.9 Å². The Morgan fingerprint density at radius 3 is 1.07 bits per heavy atom. The third-order valence-electron chi connectivity index (χ3n) is 18.5. The lowest BCUT2D eigenvalue weighted by Gasteiger charge is -2.48. The average molecular weight is 1420 g/mol. The molecule has 578 valence electrons. The smallest absolute Gasteiger partial charge is 0.220 e. The first-order valence-corrected chi connectivity index (χ1v) is 38.9. The molecule has 0 aliphatic carbocycles. The molecule has 19 heteroatoms. The molecular weight excluding hydrogens is 1290 g/mol. The second kappa shape index (κ2) is 61.1. The molecule has 3 aliphatic heterocycles. The Balaban J connectivity index is 1.38. The molecule has 0 aromatic heterocycles. The minimum atomic E-state index is -1.99. The molecule has 0 bridgehead atoms. The second-order valence-corrected chi connectivity index (χ2v) is 27.1. The van der Waals surface area contributed by atoms with E-state index in [-0.39, 0.29) is 18.9 Å². The van der Waals surface area contributed by atoms with Crippen molar-refractivity contribution in [1.82, 2.24) is 5.32 Å². The summed E-state index contributed by atoms with van der Waals surface area (Å²) < 4.78 is 34.4. The Bertz CT molecular complexity index is 2350. The largest absolute Gasteiger partial charge is 0.394 e. The molecule has 0 radical (unpaired) electrons. The van der Waals surface area contributed by atoms with Gasteiger partial charge in [0.05, 0.1) is 38.6 Å². The van der Waals surface area contributed by atoms with Crippen molar-refractivity contribution in [3.63, 3.8) is 0 Å². The van der Waals surface area contributed by atoms with Gasteiger partial charge in [0.2, 0.25) is 5.91 Å². The summed E-state index contributed by atoms with van der Waals surface area (Å²) in [5.41, 5.74) is 0. The fourth-order valence-electron chi connectivity index (χ4n) is 12.2. The van der Waals surface area contributed by atoms with E-state index in [2.05, 4.69) is 141 Å². The number of rotatable bonds is 59. The lowest BCUT2D eigenvalue weighted by Crippen LogP contribution is -2.66. The summed E-state index contributed by atoms with van der Waals surface area (Å²) in [6, 6.07) is -0.992. The normalized spacial score (nSPS) is 27.1. The fraction of sp³-hybridized carbons (Fsp3) is 0.720. The van der Waals surface area contributed by atoms with Gasteiger partial charge in [0, 0.05) is 6.42 Å². The van der Waals surface area contributed by atoms with E-state index in [4.69, 9.17) is 28.4 Å². The molecule has 3 rings (SSSR count). The minimum absolute atomic E-state index is 0.218. The standard InChI is InChI=1S/C82H137NO18/c1-3-5-7-9-11-13-15-17-19-21-23-24-25-26-27-28-29-30-31-32-33-34-35-36-37-38-39-40-42-44-46-48-50-52-54-56-58-60-70(88)83-65(66(87)59-57-55-53-51-49-47-45-43-41-22-20-18-16-14-12-10-8-6-4-2)64-96-80-76(94)73(91)78(68(62-85)98-80)101-82-77(95)74(92)79(69(63-86)99-82)100-81-75(93)72(90)71(89)67(61-84)97-81/h5,7,11,13,17,19,23-24,26-27,29-30,32-33,35-36,38-39,42,44,57,59,65-69,71-82,84-87,89-95H,3-4,6,8-10,12,14-16,18,20-22,25,28,31,34,37,40-41,43,45-56,58,60-64H2,1-2H3,(H,83,88)/b7-5-,13-11-,19-17-,24-23-,27-26-,30-29-,33-32-,36-35-,39-38-,44-42-,59-57+. The van der Waals surface area contributed by atoms with Crippen LogP contribution in [0.4, 0.5) is 0 Å². The highest BCUT2D eigenvalue weighted by Gasteiger charge is 2.53. The maximum Gasteiger partial charge on any atom is 0.220 e. The summed E-state index contributed by atoms with van der Waals surface area (Å²) in [6.07, 6.45) is 59.9. The van der Waals surface area contributed by atoms with Crippen LogP contribution in [-0.2, 0) is 33.2 Å². The summed E-state index contributed by atoms with van der Waals surface area (Å²) in [5.74, 6) is -0.294. The molecule has 17 unspecified atom stereocenters. The predicted octanol–water partition coefficient (Wildman–Crippen LogP) is 12.5. The molecule has 3 aliphatic rings. The second-order valence-electron chi connectivity index (χ2n) is 27.1. The maximum atomic E-state index is 13.5. The minimum Gasteiger partial charge on any atom is -0.394 e. The summed E-state index contributed by atoms with van der Waals surface area (Å²) >= 11 is 0. The summed E-state index contributed by atoms with van der Waals surface area (Å²) in [7, 11) is 0. The molecule has 3 saturated heterocycles. The Hall–Kier alpha value is -4.07. The quantitative estimate of drug-likeness (QED) is 0.0199. The van der Waals surface area contributed by atoms with Crippen LogP contribution in [0.15, 0.2) is 134 Å². The third kappa shape index (κ3) is 41.4. The molecule has 12 N–H and O–H groups in total. The van der Waals surface area contributed by atoms with Gasteiger partial charge in [-0.25, -0.2) is 0 Å². The number of hydrogen-bond acceptors (Lipinski definition) is 18. The Labute approximate surface area is 607 Å². The van der Waals surface area contributed by atoms with Gasteiger partial charge in [-0.1, -0.05) is 276 Å². The van der Waals surface area contributed by atoms with Crippen LogP contribution < -0.4 is 5.32 Å². The number of aliphatic hydroxyl groups is 11. The van der Waals surface area contributed by atoms with Gasteiger partial charge in [-0.15, -0.1) is 0 Å². The highest BCUT2D eigenvalue weighted by atomic mass is 16.8. The van der Waals surface area contributed by atoms with Crippen LogP contribution in [0.25, 0.3) is 0 Å². The molecule has 3 heterocycles. The Morgan fingerprint density at radius 1 is 0.366 bits per heavy atom. The zero-order chi connectivity index (χ0) is 73.2. The monoisotopic (exact) mass is 1420 g/mol. The van der Waals surface area contributed by atoms with Gasteiger partial charge in [0.25, 0.3) is 0 Å². The number of carbonyl (C=O) groups is 1. The molecule has 0 aromatic carbocycles. The number of hydrogen-bond donors (Lipinski definition) is 12. The van der Waals surface area contributed by atoms with Gasteiger partial charge in [-0.3, -0.25) is 4.79 Å². The van der Waals surface area contributed by atoms with Gasteiger partial charge in [-0.05, 0) is 96.3 Å². The number of carbonyl (C=O) groups excluding carboxylic acids is 1. The van der Waals surface area contributed by atoms with Crippen molar-refractivity contribution >= 4 is 5.91 Å². The first kappa shape index (κ1) is 91.1. The van der Waals surface area contributed by atoms with Crippen molar-refractivity contribution in [2.75, 3.05) is 26.4 Å². The molecule has 0 saturated carbocycles. The lowest BCUT2D eigenvalue weighted by molar-refractivity contribution is -0.379. The highest BCUT2D eigenvalue weighted by Crippen LogP contribution is 2.33. The number of ether oxygens (including phenoxy) is 6. The Morgan fingerprint density at radius 2 is 0.683 bits per heavy atom. The molecule has 0 spiro atoms. The van der Waals surface area contributed by atoms with Crippen molar-refractivity contribution in [2.24, 2.45) is 0 Å². The molecular formula is C82H137NO18. The molecule has 17 atom stereocenters. The van der Waals surface area contributed by atoms with E-state index >= 15 is 0 Å². The van der Waals surface area contributed by atoms with E-state index in [1.807, 2.05) is 6.08 Å². The molecule has 3 fully saturated rings. The summed E-state index contributed by atoms with van der Waals surface area (Å²) in [4.78, 5) is 13.5. The van der Waals surface area contributed by atoms with E-state index in [0.29, 0.717) is 6.42 Å². The summed E-state index contributed by atoms with van der Waals surface area (Å²) in [6.45, 7) is 1.61. The van der Waals surface area contributed by atoms with Crippen LogP contribution in [0, 0.1) is 0 Å². The van der Waals surface area contributed by atoms with E-state index < -0.39 is 124 Å². The molecule has 19 nitrogen and oxygen atoms in total. The van der Waals surface area contributed by atoms with Crippen molar-refractivity contribution in [3.05, 3.63) is 134 Å². The summed E-state index contributed by atoms with van der Waals surface area (Å²) in [5, 5.41) is 121. The van der Waals surface area contributed by atoms with Crippen molar-refractivity contribution in [1.29, 1.82) is 0 Å². The van der Waals surface area contributed by atoms with Crippen molar-refractivity contribution in [3.8, 4) is 0 Å². The maximum absolute atomic E-state index is 13.5. The zero-order valence-corrected chi connectivity index (χ0v) is 61.6. The molecule has 0 aromatic rings. The van der Waals surface area contributed by atoms with Gasteiger partial charge < -0.3 is 89.9 Å². The number of allylic oxidation sites excluding steroid dienone is 21. The fourth-order valence-corrected chi connectivity index (χ4v) is 12.2. The van der Waals surface area contributed by atoms with Gasteiger partial charge in [0.1, 0.15) is 73.2 Å². The average Bonchev–Trinajstić information content (AvgIpc) is 0.789. The van der Waals surface area contributed by atoms with Crippen LogP contribution in [0.1, 0.15) is 245 Å². The number of nitrogens with one attached hydrogen (secondary N) is 1. The van der Waals surface area contributed by atoms with Crippen molar-refractivity contribution < 1.29 is 89.4 Å². The van der Waals surface area contributed by atoms with E-state index in [1.165, 1.54) is 89.9 Å². The van der Waals surface area contributed by atoms with Crippen LogP contribution in [0.5, 0.6) is 0 Å². The topological polar surface area (TPSA) is 307 Å². The van der Waals surface area contributed by atoms with Crippen LogP contribution in [0.2, 0.25) is 0 Å². The number of amides is 1. The number of aliphatic hydroxyl groups excluding tert-OH is 11. The first-order chi connectivity index (χ1) is 49.3.